The molecule has 4 aromatic rings. The Hall–Kier alpha value is -4.04. The van der Waals surface area contributed by atoms with E-state index in [2.05, 4.69) is 0 Å². The maximum Gasteiger partial charge on any atom is 0.338 e. The van der Waals surface area contributed by atoms with Crippen LogP contribution in [0.3, 0.4) is 0 Å². The van der Waals surface area contributed by atoms with E-state index in [1.807, 2.05) is 19.9 Å². The van der Waals surface area contributed by atoms with Gasteiger partial charge < -0.3 is 9.15 Å². The number of carbonyl (C=O) groups excluding carboxylic acids is 2. The van der Waals surface area contributed by atoms with Gasteiger partial charge in [-0.25, -0.2) is 18.0 Å². The van der Waals surface area contributed by atoms with Gasteiger partial charge in [-0.05, 0) is 55.3 Å². The number of fused-ring (bicyclic) bond motifs is 3. The molecule has 0 fully saturated rings. The number of ketones is 1. The summed E-state index contributed by atoms with van der Waals surface area (Å²) in [7, 11) is -3.98. The summed E-state index contributed by atoms with van der Waals surface area (Å²) in [5.41, 5.74) is 2.19. The van der Waals surface area contributed by atoms with Crippen LogP contribution in [0.25, 0.3) is 11.0 Å². The molecule has 7 nitrogen and oxygen atoms in total. The molecule has 3 aromatic carbocycles. The van der Waals surface area contributed by atoms with Crippen LogP contribution >= 0.6 is 0 Å². The summed E-state index contributed by atoms with van der Waals surface area (Å²) in [6.07, 6.45) is 0. The number of hydrogen-bond donors (Lipinski definition) is 0. The highest BCUT2D eigenvalue weighted by molar-refractivity contribution is 7.91. The fourth-order valence-electron chi connectivity index (χ4n) is 4.08. The minimum absolute atomic E-state index is 0.00718. The maximum absolute atomic E-state index is 13.1. The van der Waals surface area contributed by atoms with Crippen molar-refractivity contribution in [2.24, 2.45) is 0 Å². The maximum atomic E-state index is 13.1. The number of hydrogen-bond acceptors (Lipinski definition) is 7. The van der Waals surface area contributed by atoms with Crippen LogP contribution in [0.5, 0.6) is 0 Å². The van der Waals surface area contributed by atoms with Crippen molar-refractivity contribution in [3.8, 4) is 0 Å². The molecular weight excluding hydrogens is 456 g/mol. The average molecular weight is 474 g/mol. The van der Waals surface area contributed by atoms with Crippen LogP contribution in [0, 0.1) is 13.8 Å². The molecular formula is C26H18O7S. The smallest absolute Gasteiger partial charge is 0.338 e. The van der Waals surface area contributed by atoms with Crippen LogP contribution in [0.4, 0.5) is 0 Å². The fourth-order valence-corrected chi connectivity index (χ4v) is 5.76. The first-order valence-corrected chi connectivity index (χ1v) is 11.9. The van der Waals surface area contributed by atoms with E-state index in [4.69, 9.17) is 9.15 Å². The molecule has 0 spiro atoms. The predicted molar refractivity (Wildman–Crippen MR) is 123 cm³/mol. The Labute approximate surface area is 194 Å². The normalized spacial score (nSPS) is 13.9. The largest absolute Gasteiger partial charge is 0.457 e. The molecule has 170 valence electrons. The highest BCUT2D eigenvalue weighted by Crippen LogP contribution is 2.35. The van der Waals surface area contributed by atoms with Crippen molar-refractivity contribution in [2.75, 3.05) is 0 Å². The Kier molecular flexibility index (Phi) is 4.98. The molecule has 0 aliphatic carbocycles. The quantitative estimate of drug-likeness (QED) is 0.286. The van der Waals surface area contributed by atoms with Gasteiger partial charge in [0, 0.05) is 28.1 Å². The second-order valence-electron chi connectivity index (χ2n) is 8.09. The van der Waals surface area contributed by atoms with Crippen molar-refractivity contribution in [3.05, 3.63) is 104 Å². The highest BCUT2D eigenvalue weighted by Gasteiger charge is 2.35. The van der Waals surface area contributed by atoms with Gasteiger partial charge in [-0.15, -0.1) is 0 Å². The lowest BCUT2D eigenvalue weighted by molar-refractivity contribution is 0.0473. The Morgan fingerprint density at radius 3 is 2.44 bits per heavy atom. The third kappa shape index (κ3) is 3.34. The second kappa shape index (κ2) is 7.78. The standard InChI is InChI=1S/C26H18O7S/c1-14-7-9-18-17(12-23(27)33-25(18)15(14)2)13-32-26(29)16-8-10-20-22(11-16)34(30,31)21-6-4-3-5-19(21)24(20)28/h3-12H,13H2,1-2H3. The second-order valence-corrected chi connectivity index (χ2v) is 9.98. The first-order chi connectivity index (χ1) is 16.2. The number of rotatable bonds is 3. The van der Waals surface area contributed by atoms with E-state index in [0.29, 0.717) is 16.5 Å². The van der Waals surface area contributed by atoms with Crippen molar-refractivity contribution in [3.63, 3.8) is 0 Å². The Bertz CT molecular complexity index is 1690. The van der Waals surface area contributed by atoms with Crippen LogP contribution in [0.1, 0.15) is 43.0 Å². The summed E-state index contributed by atoms with van der Waals surface area (Å²) < 4.78 is 36.9. The molecule has 0 unspecified atom stereocenters. The molecule has 0 saturated heterocycles. The first-order valence-electron chi connectivity index (χ1n) is 10.4. The zero-order valence-corrected chi connectivity index (χ0v) is 19.1. The van der Waals surface area contributed by atoms with Gasteiger partial charge >= 0.3 is 11.6 Å². The van der Waals surface area contributed by atoms with Crippen molar-refractivity contribution >= 4 is 32.6 Å². The van der Waals surface area contributed by atoms with E-state index in [9.17, 15) is 22.8 Å². The molecule has 0 radical (unpaired) electrons. The highest BCUT2D eigenvalue weighted by atomic mass is 32.2. The van der Waals surface area contributed by atoms with Gasteiger partial charge in [0.05, 0.1) is 15.4 Å². The molecule has 8 heteroatoms. The lowest BCUT2D eigenvalue weighted by Crippen LogP contribution is -2.21. The van der Waals surface area contributed by atoms with Crippen LogP contribution < -0.4 is 5.63 Å². The molecule has 0 N–H and O–H groups in total. The first kappa shape index (κ1) is 21.8. The lowest BCUT2D eigenvalue weighted by Gasteiger charge is -2.19. The van der Waals surface area contributed by atoms with Crippen molar-refractivity contribution < 1.29 is 27.2 Å². The van der Waals surface area contributed by atoms with Gasteiger partial charge in [0.1, 0.15) is 12.2 Å². The van der Waals surface area contributed by atoms with Crippen LogP contribution in [0.2, 0.25) is 0 Å². The molecule has 34 heavy (non-hydrogen) atoms. The van der Waals surface area contributed by atoms with Gasteiger partial charge in [0.2, 0.25) is 9.84 Å². The van der Waals surface area contributed by atoms with Gasteiger partial charge in [0.15, 0.2) is 5.78 Å². The summed E-state index contributed by atoms with van der Waals surface area (Å²) in [5.74, 6) is -1.21. The minimum atomic E-state index is -3.98. The van der Waals surface area contributed by atoms with E-state index >= 15 is 0 Å². The number of ether oxygens (including phenoxy) is 1. The van der Waals surface area contributed by atoms with Gasteiger partial charge in [-0.1, -0.05) is 24.3 Å². The summed E-state index contributed by atoms with van der Waals surface area (Å²) >= 11 is 0. The van der Waals surface area contributed by atoms with Crippen molar-refractivity contribution in [1.82, 2.24) is 0 Å². The number of carbonyl (C=O) groups is 2. The average Bonchev–Trinajstić information content (AvgIpc) is 2.83. The van der Waals surface area contributed by atoms with Crippen molar-refractivity contribution in [2.45, 2.75) is 30.2 Å². The zero-order chi connectivity index (χ0) is 24.2. The zero-order valence-electron chi connectivity index (χ0n) is 18.2. The van der Waals surface area contributed by atoms with E-state index < -0.39 is 27.2 Å². The molecule has 0 bridgehead atoms. The Morgan fingerprint density at radius 1 is 0.912 bits per heavy atom. The van der Waals surface area contributed by atoms with Crippen molar-refractivity contribution in [1.29, 1.82) is 0 Å². The minimum Gasteiger partial charge on any atom is -0.457 e. The SMILES string of the molecule is Cc1ccc2c(COC(=O)c3ccc4c(c3)S(=O)(=O)c3ccccc3C4=O)cc(=O)oc2c1C. The number of aryl methyl sites for hydroxylation is 2. The third-order valence-electron chi connectivity index (χ3n) is 6.05. The van der Waals surface area contributed by atoms with Gasteiger partial charge in [0.25, 0.3) is 0 Å². The van der Waals surface area contributed by atoms with E-state index in [1.54, 1.807) is 12.1 Å². The predicted octanol–water partition coefficient (Wildman–Crippen LogP) is 4.14. The topological polar surface area (TPSA) is 108 Å². The lowest BCUT2D eigenvalue weighted by atomic mass is 10.0. The molecule has 0 saturated carbocycles. The van der Waals surface area contributed by atoms with E-state index in [0.717, 1.165) is 17.2 Å². The molecule has 5 rings (SSSR count). The van der Waals surface area contributed by atoms with Gasteiger partial charge in [-0.3, -0.25) is 4.79 Å². The molecule has 1 aromatic heterocycles. The fraction of sp³-hybridized carbons (Fsp3) is 0.115. The monoisotopic (exact) mass is 474 g/mol. The third-order valence-corrected chi connectivity index (χ3v) is 7.90. The summed E-state index contributed by atoms with van der Waals surface area (Å²) in [4.78, 5) is 37.3. The van der Waals surface area contributed by atoms with E-state index in [-0.39, 0.29) is 33.1 Å². The molecule has 0 amide bonds. The van der Waals surface area contributed by atoms with Crippen LogP contribution in [0.15, 0.2) is 79.7 Å². The Morgan fingerprint density at radius 2 is 1.65 bits per heavy atom. The summed E-state index contributed by atoms with van der Waals surface area (Å²) in [5, 5.41) is 0.644. The Balaban J connectivity index is 1.48. The number of sulfone groups is 1. The van der Waals surface area contributed by atoms with Crippen LogP contribution in [-0.4, -0.2) is 20.2 Å². The molecule has 2 heterocycles. The summed E-state index contributed by atoms with van der Waals surface area (Å²) in [6, 6.07) is 14.7. The molecule has 1 aliphatic heterocycles. The molecule has 0 atom stereocenters. The van der Waals surface area contributed by atoms with E-state index in [1.165, 1.54) is 36.4 Å². The molecule has 1 aliphatic rings. The number of esters is 1. The van der Waals surface area contributed by atoms with Gasteiger partial charge in [-0.2, -0.15) is 0 Å². The summed E-state index contributed by atoms with van der Waals surface area (Å²) in [6.45, 7) is 3.52. The van der Waals surface area contributed by atoms with Crippen LogP contribution in [-0.2, 0) is 21.2 Å². The number of benzene rings is 3.